The molecule has 3 aliphatic carbocycles. The number of carbonyl (C=O) groups is 5. The number of phenolic OH excluding ortho intramolecular Hbond substituents is 1. The number of aliphatic hydroxyl groups is 2. The quantitative estimate of drug-likeness (QED) is 0.176. The van der Waals surface area contributed by atoms with Crippen LogP contribution in [-0.2, 0) is 36.9 Å². The maximum Gasteiger partial charge on any atom is 0.323 e. The number of esters is 1. The zero-order valence-electron chi connectivity index (χ0n) is 28.6. The number of hydrogen-bond acceptors (Lipinski definition) is 12. The predicted octanol–water partition coefficient (Wildman–Crippen LogP) is 1.01. The normalized spacial score (nSPS) is 28.5. The van der Waals surface area contributed by atoms with Gasteiger partial charge in [0.15, 0.2) is 23.0 Å². The van der Waals surface area contributed by atoms with E-state index < -0.39 is 70.7 Å². The number of primary amides is 1. The number of likely N-dealkylation sites (N-methyl/N-ethyl adjacent to an activating group) is 1. The van der Waals surface area contributed by atoms with Crippen molar-refractivity contribution in [2.75, 3.05) is 27.8 Å². The van der Waals surface area contributed by atoms with Gasteiger partial charge in [0.2, 0.25) is 5.91 Å². The molecule has 5 rings (SSSR count). The average Bonchev–Trinajstić information content (AvgIpc) is 3.02. The first-order valence-corrected chi connectivity index (χ1v) is 16.5. The zero-order chi connectivity index (χ0) is 36.1. The van der Waals surface area contributed by atoms with Crippen LogP contribution >= 0.6 is 0 Å². The lowest BCUT2D eigenvalue weighted by Gasteiger charge is -2.54. The van der Waals surface area contributed by atoms with E-state index in [4.69, 9.17) is 15.2 Å². The summed E-state index contributed by atoms with van der Waals surface area (Å²) in [4.78, 5) is 68.4. The van der Waals surface area contributed by atoms with Gasteiger partial charge >= 0.3 is 5.97 Å². The summed E-state index contributed by atoms with van der Waals surface area (Å²) in [6, 6.07) is 6.95. The Morgan fingerprint density at radius 2 is 1.80 bits per heavy atom. The van der Waals surface area contributed by atoms with Gasteiger partial charge in [-0.3, -0.25) is 24.0 Å². The molecule has 0 saturated heterocycles. The highest BCUT2D eigenvalue weighted by molar-refractivity contribution is 6.25. The van der Waals surface area contributed by atoms with Gasteiger partial charge in [-0.2, -0.15) is 0 Å². The van der Waals surface area contributed by atoms with E-state index in [0.29, 0.717) is 29.0 Å². The summed E-state index contributed by atoms with van der Waals surface area (Å²) in [7, 11) is 4.70. The molecule has 264 valence electrons. The topological polar surface area (TPSA) is 206 Å². The fraction of sp³-hybridized carbons (Fsp3) is 0.528. The largest absolute Gasteiger partial charge is 0.507 e. The van der Waals surface area contributed by atoms with E-state index >= 15 is 0 Å². The van der Waals surface area contributed by atoms with Crippen LogP contribution in [0.25, 0.3) is 11.1 Å². The molecule has 0 heterocycles. The third kappa shape index (κ3) is 5.92. The van der Waals surface area contributed by atoms with Crippen molar-refractivity contribution in [1.29, 1.82) is 0 Å². The Kier molecular flexibility index (Phi) is 10.0. The second kappa shape index (κ2) is 13.6. The lowest BCUT2D eigenvalue weighted by atomic mass is 9.52. The molecule has 2 fully saturated rings. The summed E-state index contributed by atoms with van der Waals surface area (Å²) in [5, 5.41) is 37.3. The summed E-state index contributed by atoms with van der Waals surface area (Å²) in [6.45, 7) is 6.15. The molecule has 0 aromatic heterocycles. The van der Waals surface area contributed by atoms with Crippen LogP contribution in [-0.4, -0.2) is 101 Å². The Morgan fingerprint density at radius 1 is 1.10 bits per heavy atom. The summed E-state index contributed by atoms with van der Waals surface area (Å²) < 4.78 is 10.9. The molecule has 0 aliphatic heterocycles. The number of phenols is 1. The number of nitrogens with two attached hydrogens (primary N) is 1. The second-order valence-electron chi connectivity index (χ2n) is 13.8. The van der Waals surface area contributed by atoms with Gasteiger partial charge in [0.05, 0.1) is 31.3 Å². The molecule has 2 aromatic carbocycles. The van der Waals surface area contributed by atoms with Crippen LogP contribution in [0.2, 0.25) is 0 Å². The molecule has 8 atom stereocenters. The zero-order valence-corrected chi connectivity index (χ0v) is 28.6. The molecule has 1 amide bonds. The van der Waals surface area contributed by atoms with E-state index in [0.717, 1.165) is 5.56 Å². The Labute approximate surface area is 284 Å². The van der Waals surface area contributed by atoms with Gasteiger partial charge in [0.25, 0.3) is 0 Å². The maximum absolute atomic E-state index is 14.2. The maximum atomic E-state index is 14.2. The van der Waals surface area contributed by atoms with Gasteiger partial charge in [-0.1, -0.05) is 26.0 Å². The molecule has 6 N–H and O–H groups in total. The van der Waals surface area contributed by atoms with Gasteiger partial charge in [0.1, 0.15) is 23.5 Å². The number of methoxy groups -OCH3 is 1. The summed E-state index contributed by atoms with van der Waals surface area (Å²) in [5.74, 6) is -9.62. The first kappa shape index (κ1) is 36.1. The van der Waals surface area contributed by atoms with Crippen LogP contribution in [0.4, 0.5) is 0 Å². The molecule has 2 aromatic rings. The first-order chi connectivity index (χ1) is 23.1. The minimum Gasteiger partial charge on any atom is -0.507 e. The van der Waals surface area contributed by atoms with Crippen LogP contribution < -0.4 is 15.8 Å². The highest BCUT2D eigenvalue weighted by Crippen LogP contribution is 2.52. The molecule has 2 saturated carbocycles. The van der Waals surface area contributed by atoms with Crippen molar-refractivity contribution in [3.05, 3.63) is 47.0 Å². The Balaban J connectivity index is 1.57. The molecular formula is C36H45N3O10. The van der Waals surface area contributed by atoms with Crippen molar-refractivity contribution < 1.29 is 48.8 Å². The van der Waals surface area contributed by atoms with Crippen LogP contribution in [0, 0.1) is 29.6 Å². The van der Waals surface area contributed by atoms with E-state index in [9.17, 15) is 39.3 Å². The van der Waals surface area contributed by atoms with Crippen LogP contribution in [0.3, 0.4) is 0 Å². The monoisotopic (exact) mass is 679 g/mol. The van der Waals surface area contributed by atoms with Crippen molar-refractivity contribution >= 4 is 29.2 Å². The molecule has 0 spiro atoms. The molecule has 13 heteroatoms. The number of carbonyl (C=O) groups excluding carboxylic acids is 5. The van der Waals surface area contributed by atoms with E-state index in [1.165, 1.54) is 13.2 Å². The SMILES string of the molecule is CCOC(=O)C(NCc1ccc(OC)c(-c2ccc(O)c3c2C[C@@H]2C[C@@H]4[C@@H](N(C)C)C(O)C(C(N)=O)C(=O)[C@]4(O)C(=O)C2C3=O)c1)C(C)C. The molecule has 49 heavy (non-hydrogen) atoms. The van der Waals surface area contributed by atoms with Crippen LogP contribution in [0.5, 0.6) is 11.5 Å². The van der Waals surface area contributed by atoms with Gasteiger partial charge in [-0.25, -0.2) is 0 Å². The molecule has 13 nitrogen and oxygen atoms in total. The molecule has 0 bridgehead atoms. The minimum absolute atomic E-state index is 0.00411. The van der Waals surface area contributed by atoms with Crippen molar-refractivity contribution in [3.8, 4) is 22.6 Å². The second-order valence-corrected chi connectivity index (χ2v) is 13.8. The standard InChI is InChI=1S/C36H45N3O10/c1-7-49-35(46)28(16(2)3)38-15-17-8-11-24(48-6)20(12-17)19-9-10-23(40)26-21(19)13-18-14-22-29(39(4)5)31(42)27(34(37)45)33(44)36(22,47)32(43)25(18)30(26)41/h8-12,16,18,22,25,27-29,31,38,40,42,47H,7,13-15H2,1-6H3,(H2,37,45)/t18-,22-,25?,27?,28?,29-,31?,36-/m1/s1. The number of benzene rings is 2. The summed E-state index contributed by atoms with van der Waals surface area (Å²) in [5.41, 5.74) is 5.09. The van der Waals surface area contributed by atoms with Crippen molar-refractivity contribution in [2.45, 2.75) is 63.9 Å². The Bertz CT molecular complexity index is 1690. The molecule has 3 aliphatic rings. The number of fused-ring (bicyclic) bond motifs is 3. The number of amides is 1. The third-order valence-electron chi connectivity index (χ3n) is 10.5. The number of nitrogens with zero attached hydrogens (tertiary/aromatic N) is 1. The van der Waals surface area contributed by atoms with Gasteiger partial charge in [0, 0.05) is 24.1 Å². The lowest BCUT2D eigenvalue weighted by Crippen LogP contribution is -2.75. The van der Waals surface area contributed by atoms with Crippen molar-refractivity contribution in [1.82, 2.24) is 10.2 Å². The molecule has 0 radical (unpaired) electrons. The lowest BCUT2D eigenvalue weighted by molar-refractivity contribution is -0.190. The predicted molar refractivity (Wildman–Crippen MR) is 176 cm³/mol. The minimum atomic E-state index is -2.74. The number of ether oxygens (including phenoxy) is 2. The number of aromatic hydroxyl groups is 1. The smallest absolute Gasteiger partial charge is 0.323 e. The van der Waals surface area contributed by atoms with Crippen LogP contribution in [0.1, 0.15) is 48.7 Å². The summed E-state index contributed by atoms with van der Waals surface area (Å²) in [6.07, 6.45) is -1.46. The number of rotatable bonds is 10. The fourth-order valence-corrected chi connectivity index (χ4v) is 8.20. The molecule has 4 unspecified atom stereocenters. The third-order valence-corrected chi connectivity index (χ3v) is 10.5. The fourth-order valence-electron chi connectivity index (χ4n) is 8.20. The number of nitrogens with one attached hydrogen (secondary N) is 1. The average molecular weight is 680 g/mol. The molecular weight excluding hydrogens is 634 g/mol. The van der Waals surface area contributed by atoms with Crippen molar-refractivity contribution in [3.63, 3.8) is 0 Å². The summed E-state index contributed by atoms with van der Waals surface area (Å²) >= 11 is 0. The van der Waals surface area contributed by atoms with Gasteiger partial charge < -0.3 is 40.7 Å². The highest BCUT2D eigenvalue weighted by Gasteiger charge is 2.69. The van der Waals surface area contributed by atoms with Gasteiger partial charge in [-0.05, 0) is 80.6 Å². The number of hydrogen-bond donors (Lipinski definition) is 5. The van der Waals surface area contributed by atoms with E-state index in [1.54, 1.807) is 38.1 Å². The number of ketones is 3. The first-order valence-electron chi connectivity index (χ1n) is 16.5. The Hall–Kier alpha value is -4.17. The highest BCUT2D eigenvalue weighted by atomic mass is 16.5. The number of Topliss-reactive ketones (excluding diaryl/α,β-unsaturated/α-hetero) is 3. The van der Waals surface area contributed by atoms with E-state index in [-0.39, 0.29) is 42.6 Å². The Morgan fingerprint density at radius 3 is 2.39 bits per heavy atom. The number of aliphatic hydroxyl groups excluding tert-OH is 1. The van der Waals surface area contributed by atoms with E-state index in [2.05, 4.69) is 5.32 Å². The van der Waals surface area contributed by atoms with Gasteiger partial charge in [-0.15, -0.1) is 0 Å². The van der Waals surface area contributed by atoms with Crippen molar-refractivity contribution in [2.24, 2.45) is 35.3 Å². The van der Waals surface area contributed by atoms with E-state index in [1.807, 2.05) is 26.0 Å². The van der Waals surface area contributed by atoms with Crippen LogP contribution in [0.15, 0.2) is 30.3 Å².